The molecule has 5 nitrogen and oxygen atoms in total. The molecule has 0 saturated carbocycles. The predicted octanol–water partition coefficient (Wildman–Crippen LogP) is 1.58. The van der Waals surface area contributed by atoms with Crippen molar-refractivity contribution in [1.82, 2.24) is 9.97 Å². The lowest BCUT2D eigenvalue weighted by molar-refractivity contribution is 0.0303. The van der Waals surface area contributed by atoms with E-state index in [-0.39, 0.29) is 0 Å². The van der Waals surface area contributed by atoms with Crippen LogP contribution in [0.2, 0.25) is 0 Å². The molecule has 0 amide bonds. The van der Waals surface area contributed by atoms with Crippen molar-refractivity contribution in [1.29, 1.82) is 0 Å². The monoisotopic (exact) mass is 256 g/mol. The first-order chi connectivity index (χ1) is 9.29. The second-order valence-electron chi connectivity index (χ2n) is 5.28. The number of aromatic nitrogens is 2. The second kappa shape index (κ2) is 4.06. The number of rotatable bonds is 1. The zero-order valence-corrected chi connectivity index (χ0v) is 10.6. The van der Waals surface area contributed by atoms with E-state index in [1.165, 1.54) is 0 Å². The van der Waals surface area contributed by atoms with Crippen LogP contribution in [0, 0.1) is 0 Å². The number of hydrogen-bond donors (Lipinski definition) is 1. The van der Waals surface area contributed by atoms with Gasteiger partial charge in [-0.05, 0) is 25.0 Å². The highest BCUT2D eigenvalue weighted by molar-refractivity contribution is 5.79. The fourth-order valence-electron chi connectivity index (χ4n) is 3.02. The first kappa shape index (κ1) is 11.0. The molecule has 4 rings (SSSR count). The summed E-state index contributed by atoms with van der Waals surface area (Å²) in [4.78, 5) is 11.4. The van der Waals surface area contributed by atoms with Gasteiger partial charge in [-0.15, -0.1) is 0 Å². The number of hydrogen-bond acceptors (Lipinski definition) is 5. The summed E-state index contributed by atoms with van der Waals surface area (Å²) >= 11 is 0. The maximum atomic E-state index is 6.07. The molecule has 2 fully saturated rings. The molecule has 2 aromatic rings. The van der Waals surface area contributed by atoms with Crippen LogP contribution in [-0.4, -0.2) is 35.3 Å². The van der Waals surface area contributed by atoms with Crippen molar-refractivity contribution in [2.75, 3.05) is 23.7 Å². The van der Waals surface area contributed by atoms with Crippen LogP contribution in [0.5, 0.6) is 0 Å². The number of nitrogens with two attached hydrogens (primary N) is 1. The van der Waals surface area contributed by atoms with E-state index >= 15 is 0 Å². The highest BCUT2D eigenvalue weighted by Gasteiger charge is 2.35. The molecule has 2 unspecified atom stereocenters. The zero-order chi connectivity index (χ0) is 12.8. The number of nitrogen functional groups attached to an aromatic ring is 1. The molecule has 5 heteroatoms. The summed E-state index contributed by atoms with van der Waals surface area (Å²) in [6.07, 6.45) is 2.93. The summed E-state index contributed by atoms with van der Waals surface area (Å²) in [6, 6.07) is 7.83. The lowest BCUT2D eigenvalue weighted by atomic mass is 10.2. The van der Waals surface area contributed by atoms with Gasteiger partial charge in [-0.1, -0.05) is 12.1 Å². The second-order valence-corrected chi connectivity index (χ2v) is 5.28. The van der Waals surface area contributed by atoms with Gasteiger partial charge in [-0.3, -0.25) is 0 Å². The molecule has 1 aromatic carbocycles. The van der Waals surface area contributed by atoms with Gasteiger partial charge in [0, 0.05) is 13.1 Å². The standard InChI is InChI=1S/C14H16N4O/c15-13-14(17-12-4-2-1-3-11(12)16-13)18-7-9-5-6-10(8-18)19-9/h1-4,9-10H,5-8H2,(H2,15,16). The van der Waals surface area contributed by atoms with Crippen molar-refractivity contribution < 1.29 is 4.74 Å². The van der Waals surface area contributed by atoms with E-state index in [4.69, 9.17) is 10.5 Å². The van der Waals surface area contributed by atoms with Crippen molar-refractivity contribution in [3.05, 3.63) is 24.3 Å². The number of benzene rings is 1. The van der Waals surface area contributed by atoms with E-state index in [0.717, 1.165) is 42.8 Å². The summed E-state index contributed by atoms with van der Waals surface area (Å²) in [7, 11) is 0. The van der Waals surface area contributed by atoms with E-state index in [1.807, 2.05) is 24.3 Å². The van der Waals surface area contributed by atoms with Crippen molar-refractivity contribution in [3.8, 4) is 0 Å². The Kier molecular flexibility index (Phi) is 2.35. The van der Waals surface area contributed by atoms with E-state index in [0.29, 0.717) is 18.0 Å². The summed E-state index contributed by atoms with van der Waals surface area (Å²) in [5, 5.41) is 0. The van der Waals surface area contributed by atoms with Crippen LogP contribution in [0.25, 0.3) is 11.0 Å². The first-order valence-electron chi connectivity index (χ1n) is 6.72. The van der Waals surface area contributed by atoms with Crippen LogP contribution in [0.4, 0.5) is 11.6 Å². The molecular weight excluding hydrogens is 240 g/mol. The SMILES string of the molecule is Nc1nc2ccccc2nc1N1CC2CCC(C1)O2. The van der Waals surface area contributed by atoms with Gasteiger partial charge in [-0.2, -0.15) is 0 Å². The molecule has 19 heavy (non-hydrogen) atoms. The van der Waals surface area contributed by atoms with Gasteiger partial charge in [0.1, 0.15) is 0 Å². The van der Waals surface area contributed by atoms with Gasteiger partial charge in [-0.25, -0.2) is 9.97 Å². The Bertz CT molecular complexity index is 618. The minimum absolute atomic E-state index is 0.325. The normalized spacial score (nSPS) is 26.0. The zero-order valence-electron chi connectivity index (χ0n) is 10.6. The lowest BCUT2D eigenvalue weighted by Crippen LogP contribution is -2.43. The molecule has 2 saturated heterocycles. The smallest absolute Gasteiger partial charge is 0.172 e. The third-order valence-corrected chi connectivity index (χ3v) is 3.92. The van der Waals surface area contributed by atoms with E-state index < -0.39 is 0 Å². The molecular formula is C14H16N4O. The lowest BCUT2D eigenvalue weighted by Gasteiger charge is -2.33. The Morgan fingerprint density at radius 1 is 1.05 bits per heavy atom. The Balaban J connectivity index is 1.76. The molecule has 0 radical (unpaired) electrons. The highest BCUT2D eigenvalue weighted by atomic mass is 16.5. The Hall–Kier alpha value is -1.88. The topological polar surface area (TPSA) is 64.3 Å². The largest absolute Gasteiger partial charge is 0.381 e. The number of para-hydroxylation sites is 2. The van der Waals surface area contributed by atoms with Crippen LogP contribution < -0.4 is 10.6 Å². The van der Waals surface area contributed by atoms with Crippen LogP contribution in [-0.2, 0) is 4.74 Å². The van der Waals surface area contributed by atoms with Gasteiger partial charge in [0.05, 0.1) is 23.2 Å². The van der Waals surface area contributed by atoms with Crippen molar-refractivity contribution >= 4 is 22.7 Å². The van der Waals surface area contributed by atoms with E-state index in [1.54, 1.807) is 0 Å². The first-order valence-corrected chi connectivity index (χ1v) is 6.72. The minimum atomic E-state index is 0.325. The highest BCUT2D eigenvalue weighted by Crippen LogP contribution is 2.31. The molecule has 0 aliphatic carbocycles. The average Bonchev–Trinajstić information content (AvgIpc) is 2.76. The van der Waals surface area contributed by atoms with Crippen LogP contribution in [0.3, 0.4) is 0 Å². The molecule has 1 aromatic heterocycles. The number of anilines is 2. The van der Waals surface area contributed by atoms with Crippen LogP contribution >= 0.6 is 0 Å². The number of ether oxygens (including phenoxy) is 1. The number of fused-ring (bicyclic) bond motifs is 3. The molecule has 98 valence electrons. The molecule has 2 aliphatic heterocycles. The molecule has 2 bridgehead atoms. The van der Waals surface area contributed by atoms with E-state index in [9.17, 15) is 0 Å². The maximum absolute atomic E-state index is 6.07. The quantitative estimate of drug-likeness (QED) is 0.839. The molecule has 2 aliphatic rings. The molecule has 0 spiro atoms. The Labute approximate surface area is 111 Å². The summed E-state index contributed by atoms with van der Waals surface area (Å²) < 4.78 is 5.85. The molecule has 2 N–H and O–H groups in total. The van der Waals surface area contributed by atoms with Crippen molar-refractivity contribution in [2.24, 2.45) is 0 Å². The number of nitrogens with zero attached hydrogens (tertiary/aromatic N) is 3. The van der Waals surface area contributed by atoms with Crippen molar-refractivity contribution in [2.45, 2.75) is 25.0 Å². The minimum Gasteiger partial charge on any atom is -0.381 e. The number of morpholine rings is 1. The summed E-state index contributed by atoms with van der Waals surface area (Å²) in [6.45, 7) is 1.74. The van der Waals surface area contributed by atoms with Gasteiger partial charge < -0.3 is 15.4 Å². The van der Waals surface area contributed by atoms with Crippen molar-refractivity contribution in [3.63, 3.8) is 0 Å². The summed E-state index contributed by atoms with van der Waals surface area (Å²) in [5.74, 6) is 1.32. The van der Waals surface area contributed by atoms with Gasteiger partial charge in [0.2, 0.25) is 0 Å². The summed E-state index contributed by atoms with van der Waals surface area (Å²) in [5.41, 5.74) is 7.81. The fourth-order valence-corrected chi connectivity index (χ4v) is 3.02. The van der Waals surface area contributed by atoms with Crippen LogP contribution in [0.1, 0.15) is 12.8 Å². The van der Waals surface area contributed by atoms with E-state index in [2.05, 4.69) is 14.9 Å². The third kappa shape index (κ3) is 1.81. The van der Waals surface area contributed by atoms with Gasteiger partial charge in [0.15, 0.2) is 11.6 Å². The predicted molar refractivity (Wildman–Crippen MR) is 74.1 cm³/mol. The molecule has 2 atom stereocenters. The fraction of sp³-hybridized carbons (Fsp3) is 0.429. The van der Waals surface area contributed by atoms with Gasteiger partial charge >= 0.3 is 0 Å². The van der Waals surface area contributed by atoms with Gasteiger partial charge in [0.25, 0.3) is 0 Å². The Morgan fingerprint density at radius 2 is 1.68 bits per heavy atom. The Morgan fingerprint density at radius 3 is 2.37 bits per heavy atom. The average molecular weight is 256 g/mol. The van der Waals surface area contributed by atoms with Crippen LogP contribution in [0.15, 0.2) is 24.3 Å². The maximum Gasteiger partial charge on any atom is 0.172 e. The third-order valence-electron chi connectivity index (χ3n) is 3.92. The molecule has 3 heterocycles.